The third-order valence-electron chi connectivity index (χ3n) is 2.75. The first-order chi connectivity index (χ1) is 7.95. The summed E-state index contributed by atoms with van der Waals surface area (Å²) >= 11 is 10.5. The zero-order valence-electron chi connectivity index (χ0n) is 11.0. The Bertz CT molecular complexity index is 377. The lowest BCUT2D eigenvalue weighted by molar-refractivity contribution is 0.271. The van der Waals surface area contributed by atoms with Gasteiger partial charge in [-0.3, -0.25) is 0 Å². The Hall–Kier alpha value is -0.340. The molecule has 0 aromatic heterocycles. The van der Waals surface area contributed by atoms with E-state index in [1.807, 2.05) is 13.0 Å². The lowest BCUT2D eigenvalue weighted by atomic mass is 10.0. The summed E-state index contributed by atoms with van der Waals surface area (Å²) in [4.78, 5) is 0. The van der Waals surface area contributed by atoms with Gasteiger partial charge in [-0.15, -0.1) is 0 Å². The van der Waals surface area contributed by atoms with Crippen molar-refractivity contribution in [1.29, 1.82) is 0 Å². The molecular formula is C14H21ClOS. The Morgan fingerprint density at radius 1 is 1.29 bits per heavy atom. The predicted molar refractivity (Wildman–Crippen MR) is 78.8 cm³/mol. The van der Waals surface area contributed by atoms with Crippen molar-refractivity contribution in [2.45, 2.75) is 33.6 Å². The van der Waals surface area contributed by atoms with E-state index in [2.05, 4.69) is 39.5 Å². The Balaban J connectivity index is 2.88. The third-order valence-corrected chi connectivity index (χ3v) is 3.70. The van der Waals surface area contributed by atoms with Crippen molar-refractivity contribution in [1.82, 2.24) is 0 Å². The second kappa shape index (κ2) is 6.55. The first-order valence-corrected chi connectivity index (χ1v) is 7.00. The van der Waals surface area contributed by atoms with E-state index in [1.54, 1.807) is 0 Å². The van der Waals surface area contributed by atoms with E-state index in [1.165, 1.54) is 0 Å². The van der Waals surface area contributed by atoms with Crippen LogP contribution in [0.2, 0.25) is 5.02 Å². The highest BCUT2D eigenvalue weighted by Crippen LogP contribution is 2.31. The number of hydrogen-bond donors (Lipinski definition) is 1. The highest BCUT2D eigenvalue weighted by atomic mass is 35.5. The molecule has 1 atom stereocenters. The van der Waals surface area contributed by atoms with Crippen molar-refractivity contribution >= 4 is 24.2 Å². The van der Waals surface area contributed by atoms with Gasteiger partial charge in [0.15, 0.2) is 0 Å². The van der Waals surface area contributed by atoms with Crippen LogP contribution in [0.3, 0.4) is 0 Å². The average molecular weight is 273 g/mol. The normalized spacial score (nSPS) is 12.9. The van der Waals surface area contributed by atoms with Gasteiger partial charge >= 0.3 is 0 Å². The molecule has 0 aliphatic carbocycles. The molecule has 0 N–H and O–H groups in total. The van der Waals surface area contributed by atoms with E-state index >= 15 is 0 Å². The van der Waals surface area contributed by atoms with Crippen LogP contribution >= 0.6 is 24.2 Å². The zero-order chi connectivity index (χ0) is 13.0. The lowest BCUT2D eigenvalue weighted by Gasteiger charge is -2.16. The van der Waals surface area contributed by atoms with Gasteiger partial charge in [0.05, 0.1) is 6.61 Å². The molecule has 1 nitrogen and oxygen atoms in total. The van der Waals surface area contributed by atoms with Crippen molar-refractivity contribution in [3.05, 3.63) is 28.3 Å². The number of aryl methyl sites for hydroxylation is 1. The maximum Gasteiger partial charge on any atom is 0.122 e. The predicted octanol–water partition coefficient (Wildman–Crippen LogP) is 4.72. The van der Waals surface area contributed by atoms with Gasteiger partial charge in [-0.25, -0.2) is 0 Å². The molecule has 0 fully saturated rings. The third kappa shape index (κ3) is 4.11. The molecule has 0 aliphatic heterocycles. The van der Waals surface area contributed by atoms with Crippen LogP contribution in [0.4, 0.5) is 0 Å². The van der Waals surface area contributed by atoms with Gasteiger partial charge in [0, 0.05) is 5.02 Å². The van der Waals surface area contributed by atoms with Gasteiger partial charge in [0.25, 0.3) is 0 Å². The lowest BCUT2D eigenvalue weighted by Crippen LogP contribution is -2.10. The second-order valence-corrected chi connectivity index (χ2v) is 5.67. The van der Waals surface area contributed by atoms with Crippen LogP contribution in [-0.2, 0) is 0 Å². The number of rotatable bonds is 5. The van der Waals surface area contributed by atoms with E-state index < -0.39 is 0 Å². The molecule has 0 bridgehead atoms. The van der Waals surface area contributed by atoms with Crippen molar-refractivity contribution in [3.63, 3.8) is 0 Å². The maximum absolute atomic E-state index is 6.22. The molecule has 0 saturated carbocycles. The van der Waals surface area contributed by atoms with Crippen molar-refractivity contribution in [2.24, 2.45) is 5.92 Å². The topological polar surface area (TPSA) is 9.23 Å². The zero-order valence-corrected chi connectivity index (χ0v) is 12.6. The van der Waals surface area contributed by atoms with Crippen molar-refractivity contribution in [3.8, 4) is 5.75 Å². The summed E-state index contributed by atoms with van der Waals surface area (Å²) in [6.07, 6.45) is 0. The number of thiol groups is 1. The molecule has 3 heteroatoms. The molecule has 0 spiro atoms. The highest BCUT2D eigenvalue weighted by molar-refractivity contribution is 7.80. The van der Waals surface area contributed by atoms with Crippen molar-refractivity contribution in [2.75, 3.05) is 12.4 Å². The number of ether oxygens (including phenoxy) is 1. The molecule has 0 radical (unpaired) electrons. The summed E-state index contributed by atoms with van der Waals surface area (Å²) in [5.41, 5.74) is 2.23. The van der Waals surface area contributed by atoms with E-state index in [0.29, 0.717) is 18.4 Å². The molecule has 1 rings (SSSR count). The first kappa shape index (κ1) is 14.7. The molecule has 0 aliphatic rings. The summed E-state index contributed by atoms with van der Waals surface area (Å²) in [5.74, 6) is 2.64. The second-order valence-electron chi connectivity index (χ2n) is 4.89. The van der Waals surface area contributed by atoms with Gasteiger partial charge in [-0.2, -0.15) is 12.6 Å². The van der Waals surface area contributed by atoms with E-state index in [-0.39, 0.29) is 0 Å². The maximum atomic E-state index is 6.22. The fraction of sp³-hybridized carbons (Fsp3) is 0.571. The van der Waals surface area contributed by atoms with Gasteiger partial charge in [-0.1, -0.05) is 32.4 Å². The summed E-state index contributed by atoms with van der Waals surface area (Å²) in [7, 11) is 0. The standard InChI is InChI=1S/C14H21ClOS/c1-9(2)12-6-14(11(4)5-13(12)15)16-7-10(3)8-17/h5-6,9-10,17H,7-8H2,1-4H3. The molecular weight excluding hydrogens is 252 g/mol. The smallest absolute Gasteiger partial charge is 0.122 e. The van der Waals surface area contributed by atoms with Crippen LogP contribution in [0.25, 0.3) is 0 Å². The summed E-state index contributed by atoms with van der Waals surface area (Å²) in [6, 6.07) is 4.05. The van der Waals surface area contributed by atoms with Crippen LogP contribution in [0, 0.1) is 12.8 Å². The summed E-state index contributed by atoms with van der Waals surface area (Å²) < 4.78 is 5.83. The van der Waals surface area contributed by atoms with Crippen LogP contribution in [0.1, 0.15) is 37.8 Å². The van der Waals surface area contributed by atoms with E-state index in [0.717, 1.165) is 27.7 Å². The molecule has 0 amide bonds. The minimum atomic E-state index is 0.410. The van der Waals surface area contributed by atoms with E-state index in [9.17, 15) is 0 Å². The SMILES string of the molecule is Cc1cc(Cl)c(C(C)C)cc1OCC(C)CS. The van der Waals surface area contributed by atoms with Crippen LogP contribution in [0.5, 0.6) is 5.75 Å². The van der Waals surface area contributed by atoms with Gasteiger partial charge in [0.1, 0.15) is 5.75 Å². The fourth-order valence-electron chi connectivity index (χ4n) is 1.55. The first-order valence-electron chi connectivity index (χ1n) is 5.99. The van der Waals surface area contributed by atoms with Crippen LogP contribution in [-0.4, -0.2) is 12.4 Å². The largest absolute Gasteiger partial charge is 0.493 e. The molecule has 1 aromatic rings. The molecule has 96 valence electrons. The van der Waals surface area contributed by atoms with Gasteiger partial charge in [0.2, 0.25) is 0 Å². The number of benzene rings is 1. The van der Waals surface area contributed by atoms with Crippen LogP contribution in [0.15, 0.2) is 12.1 Å². The minimum absolute atomic E-state index is 0.410. The Morgan fingerprint density at radius 3 is 2.47 bits per heavy atom. The summed E-state index contributed by atoms with van der Waals surface area (Å²) in [6.45, 7) is 9.12. The monoisotopic (exact) mass is 272 g/mol. The molecule has 0 heterocycles. The molecule has 1 unspecified atom stereocenters. The van der Waals surface area contributed by atoms with Gasteiger partial charge < -0.3 is 4.74 Å². The minimum Gasteiger partial charge on any atom is -0.493 e. The van der Waals surface area contributed by atoms with Crippen molar-refractivity contribution < 1.29 is 4.74 Å². The highest BCUT2D eigenvalue weighted by Gasteiger charge is 2.10. The number of halogens is 1. The van der Waals surface area contributed by atoms with Gasteiger partial charge in [-0.05, 0) is 47.8 Å². The Labute approximate surface area is 115 Å². The van der Waals surface area contributed by atoms with Crippen LogP contribution < -0.4 is 4.74 Å². The fourth-order valence-corrected chi connectivity index (χ4v) is 2.09. The quantitative estimate of drug-likeness (QED) is 0.764. The molecule has 1 aromatic carbocycles. The van der Waals surface area contributed by atoms with E-state index in [4.69, 9.17) is 16.3 Å². The Kier molecular flexibility index (Phi) is 5.68. The number of hydrogen-bond acceptors (Lipinski definition) is 2. The molecule has 0 saturated heterocycles. The molecule has 17 heavy (non-hydrogen) atoms. The average Bonchev–Trinajstić information content (AvgIpc) is 2.26. The summed E-state index contributed by atoms with van der Waals surface area (Å²) in [5, 5.41) is 0.826. The Morgan fingerprint density at radius 2 is 1.94 bits per heavy atom.